The zero-order valence-electron chi connectivity index (χ0n) is 9.34. The average molecular weight is 182 g/mol. The van der Waals surface area contributed by atoms with E-state index in [1.54, 1.807) is 0 Å². The van der Waals surface area contributed by atoms with Crippen LogP contribution in [0.25, 0.3) is 0 Å². The highest BCUT2D eigenvalue weighted by Gasteiger charge is 2.20. The SMILES string of the molecule is C=CCC(C=C)C(C)OC(C)(C)C. The molecule has 0 aliphatic heterocycles. The average Bonchev–Trinajstić information content (AvgIpc) is 1.96. The molecule has 0 bridgehead atoms. The topological polar surface area (TPSA) is 9.23 Å². The Morgan fingerprint density at radius 1 is 1.31 bits per heavy atom. The highest BCUT2D eigenvalue weighted by Crippen LogP contribution is 2.19. The first kappa shape index (κ1) is 12.4. The van der Waals surface area contributed by atoms with Crippen LogP contribution in [-0.2, 0) is 4.74 Å². The Morgan fingerprint density at radius 2 is 1.85 bits per heavy atom. The summed E-state index contributed by atoms with van der Waals surface area (Å²) in [6, 6.07) is 0. The van der Waals surface area contributed by atoms with Crippen molar-refractivity contribution >= 4 is 0 Å². The van der Waals surface area contributed by atoms with Crippen LogP contribution in [0.2, 0.25) is 0 Å². The molecule has 0 aromatic heterocycles. The molecule has 76 valence electrons. The van der Waals surface area contributed by atoms with E-state index in [1.807, 2.05) is 12.2 Å². The molecule has 1 nitrogen and oxygen atoms in total. The zero-order valence-corrected chi connectivity index (χ0v) is 9.34. The molecule has 0 saturated carbocycles. The molecular weight excluding hydrogens is 160 g/mol. The third-order valence-corrected chi connectivity index (χ3v) is 1.88. The van der Waals surface area contributed by atoms with Crippen LogP contribution in [0.5, 0.6) is 0 Å². The van der Waals surface area contributed by atoms with E-state index in [4.69, 9.17) is 4.74 Å². The van der Waals surface area contributed by atoms with Crippen LogP contribution in [0.3, 0.4) is 0 Å². The second-order valence-corrected chi connectivity index (χ2v) is 4.36. The summed E-state index contributed by atoms with van der Waals surface area (Å²) in [5.41, 5.74) is -0.0815. The first-order chi connectivity index (χ1) is 5.90. The van der Waals surface area contributed by atoms with Gasteiger partial charge in [-0.25, -0.2) is 0 Å². The predicted molar refractivity (Wildman–Crippen MR) is 58.8 cm³/mol. The Kier molecular flexibility index (Phi) is 5.01. The van der Waals surface area contributed by atoms with Crippen LogP contribution in [-0.4, -0.2) is 11.7 Å². The van der Waals surface area contributed by atoms with E-state index < -0.39 is 0 Å². The molecule has 1 heteroatoms. The number of hydrogen-bond donors (Lipinski definition) is 0. The zero-order chi connectivity index (χ0) is 10.5. The molecule has 0 aliphatic carbocycles. The van der Waals surface area contributed by atoms with Crippen LogP contribution in [0.15, 0.2) is 25.3 Å². The molecule has 0 aliphatic rings. The maximum absolute atomic E-state index is 5.82. The van der Waals surface area contributed by atoms with Gasteiger partial charge in [-0.3, -0.25) is 0 Å². The van der Waals surface area contributed by atoms with Gasteiger partial charge in [0.05, 0.1) is 11.7 Å². The largest absolute Gasteiger partial charge is 0.372 e. The van der Waals surface area contributed by atoms with Crippen molar-refractivity contribution < 1.29 is 4.74 Å². The highest BCUT2D eigenvalue weighted by atomic mass is 16.5. The van der Waals surface area contributed by atoms with Crippen molar-refractivity contribution in [3.63, 3.8) is 0 Å². The Balaban J connectivity index is 4.12. The van der Waals surface area contributed by atoms with Gasteiger partial charge in [0.1, 0.15) is 0 Å². The minimum Gasteiger partial charge on any atom is -0.372 e. The van der Waals surface area contributed by atoms with E-state index in [1.165, 1.54) is 0 Å². The molecule has 0 fully saturated rings. The predicted octanol–water partition coefficient (Wildman–Crippen LogP) is 3.57. The molecule has 0 heterocycles. The van der Waals surface area contributed by atoms with Gasteiger partial charge in [0.25, 0.3) is 0 Å². The van der Waals surface area contributed by atoms with Crippen molar-refractivity contribution in [1.29, 1.82) is 0 Å². The van der Waals surface area contributed by atoms with Gasteiger partial charge in [-0.1, -0.05) is 12.2 Å². The van der Waals surface area contributed by atoms with E-state index in [2.05, 4.69) is 40.9 Å². The fourth-order valence-electron chi connectivity index (χ4n) is 1.32. The second kappa shape index (κ2) is 5.23. The van der Waals surface area contributed by atoms with Crippen molar-refractivity contribution in [3.8, 4) is 0 Å². The van der Waals surface area contributed by atoms with Crippen molar-refractivity contribution in [1.82, 2.24) is 0 Å². The minimum atomic E-state index is -0.0815. The molecule has 0 radical (unpaired) electrons. The van der Waals surface area contributed by atoms with Crippen LogP contribution < -0.4 is 0 Å². The van der Waals surface area contributed by atoms with E-state index in [-0.39, 0.29) is 11.7 Å². The van der Waals surface area contributed by atoms with Crippen molar-refractivity contribution in [3.05, 3.63) is 25.3 Å². The van der Waals surface area contributed by atoms with Gasteiger partial charge >= 0.3 is 0 Å². The van der Waals surface area contributed by atoms with E-state index in [0.717, 1.165) is 6.42 Å². The maximum Gasteiger partial charge on any atom is 0.0619 e. The minimum absolute atomic E-state index is 0.0815. The second-order valence-electron chi connectivity index (χ2n) is 4.36. The monoisotopic (exact) mass is 182 g/mol. The summed E-state index contributed by atoms with van der Waals surface area (Å²) in [6.07, 6.45) is 4.99. The lowest BCUT2D eigenvalue weighted by atomic mass is 9.99. The van der Waals surface area contributed by atoms with Crippen molar-refractivity contribution in [2.75, 3.05) is 0 Å². The fourth-order valence-corrected chi connectivity index (χ4v) is 1.32. The van der Waals surface area contributed by atoms with Crippen molar-refractivity contribution in [2.45, 2.75) is 45.8 Å². The lowest BCUT2D eigenvalue weighted by Crippen LogP contribution is -2.29. The molecule has 0 aromatic rings. The lowest BCUT2D eigenvalue weighted by Gasteiger charge is -2.28. The van der Waals surface area contributed by atoms with E-state index in [9.17, 15) is 0 Å². The quantitative estimate of drug-likeness (QED) is 0.591. The van der Waals surface area contributed by atoms with Crippen LogP contribution in [0.4, 0.5) is 0 Å². The first-order valence-electron chi connectivity index (χ1n) is 4.82. The Labute approximate surface area is 82.5 Å². The number of ether oxygens (including phenoxy) is 1. The molecule has 2 atom stereocenters. The molecule has 0 saturated heterocycles. The molecule has 2 unspecified atom stereocenters. The maximum atomic E-state index is 5.82. The standard InChI is InChI=1S/C12H22O/c1-7-9-11(8-2)10(3)13-12(4,5)6/h7-8,10-11H,1-2,9H2,3-6H3. The summed E-state index contributed by atoms with van der Waals surface area (Å²) >= 11 is 0. The summed E-state index contributed by atoms with van der Waals surface area (Å²) < 4.78 is 5.82. The molecule has 0 aromatic carbocycles. The number of allylic oxidation sites excluding steroid dienone is 1. The summed E-state index contributed by atoms with van der Waals surface area (Å²) in [4.78, 5) is 0. The Hall–Kier alpha value is -0.560. The molecule has 0 amide bonds. The van der Waals surface area contributed by atoms with Crippen LogP contribution in [0, 0.1) is 5.92 Å². The lowest BCUT2D eigenvalue weighted by molar-refractivity contribution is -0.0674. The third-order valence-electron chi connectivity index (χ3n) is 1.88. The summed E-state index contributed by atoms with van der Waals surface area (Å²) in [6.45, 7) is 15.8. The summed E-state index contributed by atoms with van der Waals surface area (Å²) in [5.74, 6) is 0.372. The smallest absolute Gasteiger partial charge is 0.0619 e. The van der Waals surface area contributed by atoms with Gasteiger partial charge in [-0.2, -0.15) is 0 Å². The van der Waals surface area contributed by atoms with Gasteiger partial charge in [0.2, 0.25) is 0 Å². The van der Waals surface area contributed by atoms with Gasteiger partial charge in [-0.15, -0.1) is 13.2 Å². The Bertz CT molecular complexity index is 164. The fraction of sp³-hybridized carbons (Fsp3) is 0.667. The Morgan fingerprint density at radius 3 is 2.15 bits per heavy atom. The normalized spacial score (nSPS) is 16.3. The summed E-state index contributed by atoms with van der Waals surface area (Å²) in [7, 11) is 0. The first-order valence-corrected chi connectivity index (χ1v) is 4.82. The molecular formula is C12H22O. The van der Waals surface area contributed by atoms with Crippen LogP contribution in [0.1, 0.15) is 34.1 Å². The third kappa shape index (κ3) is 5.64. The number of rotatable bonds is 5. The molecule has 13 heavy (non-hydrogen) atoms. The van der Waals surface area contributed by atoms with E-state index >= 15 is 0 Å². The van der Waals surface area contributed by atoms with Gasteiger partial charge < -0.3 is 4.74 Å². The summed E-state index contributed by atoms with van der Waals surface area (Å²) in [5, 5.41) is 0. The molecule has 0 spiro atoms. The molecule has 0 N–H and O–H groups in total. The van der Waals surface area contributed by atoms with Gasteiger partial charge in [0.15, 0.2) is 0 Å². The molecule has 0 rings (SSSR count). The van der Waals surface area contributed by atoms with E-state index in [0.29, 0.717) is 5.92 Å². The number of hydrogen-bond acceptors (Lipinski definition) is 1. The van der Waals surface area contributed by atoms with Crippen molar-refractivity contribution in [2.24, 2.45) is 5.92 Å². The van der Waals surface area contributed by atoms with Gasteiger partial charge in [-0.05, 0) is 34.1 Å². The van der Waals surface area contributed by atoms with Gasteiger partial charge in [0, 0.05) is 5.92 Å². The highest BCUT2D eigenvalue weighted by molar-refractivity contribution is 4.89. The van der Waals surface area contributed by atoms with Crippen LogP contribution >= 0.6 is 0 Å².